The minimum atomic E-state index is -3.95. The van der Waals surface area contributed by atoms with Crippen LogP contribution < -0.4 is 15.4 Å². The van der Waals surface area contributed by atoms with Crippen LogP contribution in [-0.4, -0.2) is 67.9 Å². The molecule has 12 heteroatoms. The number of nitrogens with zero attached hydrogens (tertiary/aromatic N) is 4. The number of nitrogens with two attached hydrogens (primary N) is 1. The maximum atomic E-state index is 13.4. The van der Waals surface area contributed by atoms with Crippen molar-refractivity contribution in [3.8, 4) is 22.6 Å². The molecule has 0 spiro atoms. The second kappa shape index (κ2) is 9.84. The Hall–Kier alpha value is -3.16. The molecule has 1 aliphatic heterocycles. The van der Waals surface area contributed by atoms with Crippen molar-refractivity contribution in [1.82, 2.24) is 19.7 Å². The molecule has 10 nitrogen and oxygen atoms in total. The van der Waals surface area contributed by atoms with Gasteiger partial charge in [-0.15, -0.1) is 11.3 Å². The average molecular weight is 513 g/mol. The molecule has 3 aromatic heterocycles. The maximum Gasteiger partial charge on any atom is 0.241 e. The normalized spacial score (nSPS) is 14.5. The Morgan fingerprint density at radius 1 is 1.14 bits per heavy atom. The Bertz CT molecular complexity index is 1450. The predicted octanol–water partition coefficient (Wildman–Crippen LogP) is 2.11. The van der Waals surface area contributed by atoms with Crippen molar-refractivity contribution in [2.45, 2.75) is 4.90 Å². The number of sulfonamides is 1. The van der Waals surface area contributed by atoms with Crippen LogP contribution >= 0.6 is 11.3 Å². The van der Waals surface area contributed by atoms with Crippen LogP contribution in [0.3, 0.4) is 0 Å². The second-order valence-electron chi connectivity index (χ2n) is 7.90. The predicted molar refractivity (Wildman–Crippen MR) is 136 cm³/mol. The number of thiophene rings is 1. The van der Waals surface area contributed by atoms with Crippen LogP contribution in [0, 0.1) is 0 Å². The zero-order chi connectivity index (χ0) is 24.4. The van der Waals surface area contributed by atoms with E-state index in [-0.39, 0.29) is 18.0 Å². The molecule has 0 aliphatic carbocycles. The number of rotatable bonds is 7. The van der Waals surface area contributed by atoms with E-state index in [9.17, 15) is 13.5 Å². The molecule has 0 saturated carbocycles. The van der Waals surface area contributed by atoms with E-state index in [0.29, 0.717) is 60.3 Å². The molecule has 5 rings (SSSR count). The first-order valence-electron chi connectivity index (χ1n) is 11.0. The number of nitrogen functional groups attached to an aromatic ring is 1. The van der Waals surface area contributed by atoms with Crippen molar-refractivity contribution in [1.29, 1.82) is 0 Å². The minimum Gasteiger partial charge on any atom is -0.395 e. The van der Waals surface area contributed by atoms with Crippen LogP contribution in [0.25, 0.3) is 32.9 Å². The van der Waals surface area contributed by atoms with Gasteiger partial charge < -0.3 is 20.5 Å². The maximum absolute atomic E-state index is 13.4. The van der Waals surface area contributed by atoms with Gasteiger partial charge in [0.15, 0.2) is 5.82 Å². The third-order valence-electron chi connectivity index (χ3n) is 5.64. The van der Waals surface area contributed by atoms with Crippen molar-refractivity contribution in [2.75, 3.05) is 50.1 Å². The van der Waals surface area contributed by atoms with Gasteiger partial charge in [-0.25, -0.2) is 28.1 Å². The van der Waals surface area contributed by atoms with Gasteiger partial charge in [0.2, 0.25) is 10.0 Å². The van der Waals surface area contributed by atoms with E-state index < -0.39 is 10.0 Å². The van der Waals surface area contributed by atoms with Crippen molar-refractivity contribution >= 4 is 43.1 Å². The molecule has 4 heterocycles. The van der Waals surface area contributed by atoms with Gasteiger partial charge in [-0.1, -0.05) is 0 Å². The number of nitrogens with one attached hydrogen (secondary N) is 1. The molecule has 182 valence electrons. The van der Waals surface area contributed by atoms with E-state index >= 15 is 0 Å². The van der Waals surface area contributed by atoms with Crippen LogP contribution in [0.2, 0.25) is 0 Å². The number of hydrogen-bond acceptors (Lipinski definition) is 10. The van der Waals surface area contributed by atoms with Gasteiger partial charge in [-0.2, -0.15) is 0 Å². The number of anilines is 2. The van der Waals surface area contributed by atoms with Crippen LogP contribution in [0.5, 0.6) is 0 Å². The summed E-state index contributed by atoms with van der Waals surface area (Å²) in [5.41, 5.74) is 8.84. The van der Waals surface area contributed by atoms with Gasteiger partial charge in [0.05, 0.1) is 40.6 Å². The molecule has 0 amide bonds. The molecule has 0 atom stereocenters. The molecular formula is C23H24N6O4S2. The highest BCUT2D eigenvalue weighted by Crippen LogP contribution is 2.37. The fourth-order valence-corrected chi connectivity index (χ4v) is 6.00. The van der Waals surface area contributed by atoms with Gasteiger partial charge in [0.1, 0.15) is 5.82 Å². The van der Waals surface area contributed by atoms with E-state index in [1.54, 1.807) is 30.5 Å². The Morgan fingerprint density at radius 2 is 1.97 bits per heavy atom. The summed E-state index contributed by atoms with van der Waals surface area (Å²) in [7, 11) is -3.95. The first kappa shape index (κ1) is 23.6. The lowest BCUT2D eigenvalue weighted by atomic mass is 10.1. The number of fused-ring (bicyclic) bond motifs is 1. The third-order valence-corrected chi connectivity index (χ3v) is 8.05. The smallest absolute Gasteiger partial charge is 0.241 e. The summed E-state index contributed by atoms with van der Waals surface area (Å²) in [4.78, 5) is 15.7. The largest absolute Gasteiger partial charge is 0.395 e. The monoisotopic (exact) mass is 512 g/mol. The van der Waals surface area contributed by atoms with E-state index in [4.69, 9.17) is 15.5 Å². The van der Waals surface area contributed by atoms with E-state index in [0.717, 1.165) is 10.4 Å². The molecule has 0 unspecified atom stereocenters. The van der Waals surface area contributed by atoms with Gasteiger partial charge in [0.25, 0.3) is 0 Å². The second-order valence-corrected chi connectivity index (χ2v) is 10.6. The number of aromatic nitrogens is 3. The quantitative estimate of drug-likeness (QED) is 0.339. The minimum absolute atomic E-state index is 0.0877. The molecule has 0 bridgehead atoms. The Labute approximate surface area is 206 Å². The molecule has 4 aromatic rings. The SMILES string of the molecule is Nc1ccc(-c2nc(-c3ccc(N4CCOCC4)cc3S(=O)(=O)NCCO)c3sccc3n2)cn1. The van der Waals surface area contributed by atoms with Crippen LogP contribution in [0.1, 0.15) is 0 Å². The number of hydrogen-bond donors (Lipinski definition) is 3. The molecule has 1 aliphatic rings. The highest BCUT2D eigenvalue weighted by molar-refractivity contribution is 7.89. The Balaban J connectivity index is 1.70. The topological polar surface area (TPSA) is 144 Å². The average Bonchev–Trinajstić information content (AvgIpc) is 3.36. The molecule has 4 N–H and O–H groups in total. The van der Waals surface area contributed by atoms with Crippen molar-refractivity contribution < 1.29 is 18.3 Å². The molecule has 1 aromatic carbocycles. The molecular weight excluding hydrogens is 488 g/mol. The molecule has 1 saturated heterocycles. The van der Waals surface area contributed by atoms with Crippen molar-refractivity contribution in [3.05, 3.63) is 48.0 Å². The summed E-state index contributed by atoms with van der Waals surface area (Å²) in [5.74, 6) is 0.801. The number of aliphatic hydroxyl groups excluding tert-OH is 1. The number of benzene rings is 1. The van der Waals surface area contributed by atoms with Gasteiger partial charge in [-0.3, -0.25) is 0 Å². The summed E-state index contributed by atoms with van der Waals surface area (Å²) in [6.07, 6.45) is 1.59. The van der Waals surface area contributed by atoms with E-state index in [1.165, 1.54) is 11.3 Å². The highest BCUT2D eigenvalue weighted by Gasteiger charge is 2.25. The summed E-state index contributed by atoms with van der Waals surface area (Å²) in [6.45, 7) is 2.08. The number of aliphatic hydroxyl groups is 1. The van der Waals surface area contributed by atoms with Crippen molar-refractivity contribution in [2.24, 2.45) is 0 Å². The standard InChI is InChI=1S/C23H24N6O4S2/c24-20-4-1-15(14-25-20)23-27-18-5-12-34-22(18)21(28-23)17-3-2-16(29-7-10-33-11-8-29)13-19(17)35(31,32)26-6-9-30/h1-5,12-14,26,30H,6-11H2,(H2,24,25). The Kier molecular flexibility index (Phi) is 6.62. The fourth-order valence-electron chi connectivity index (χ4n) is 3.92. The van der Waals surface area contributed by atoms with Crippen LogP contribution in [0.15, 0.2) is 52.9 Å². The Morgan fingerprint density at radius 3 is 2.71 bits per heavy atom. The van der Waals surface area contributed by atoms with Crippen molar-refractivity contribution in [3.63, 3.8) is 0 Å². The molecule has 0 radical (unpaired) electrons. The van der Waals surface area contributed by atoms with Gasteiger partial charge in [-0.05, 0) is 41.8 Å². The van der Waals surface area contributed by atoms with Crippen LogP contribution in [-0.2, 0) is 14.8 Å². The lowest BCUT2D eigenvalue weighted by Gasteiger charge is -2.29. The van der Waals surface area contributed by atoms with E-state index in [2.05, 4.69) is 19.6 Å². The van der Waals surface area contributed by atoms with E-state index in [1.807, 2.05) is 17.5 Å². The summed E-state index contributed by atoms with van der Waals surface area (Å²) in [5, 5.41) is 11.1. The number of morpholine rings is 1. The first-order chi connectivity index (χ1) is 17.0. The number of ether oxygens (including phenoxy) is 1. The fraction of sp³-hybridized carbons (Fsp3) is 0.261. The first-order valence-corrected chi connectivity index (χ1v) is 13.4. The summed E-state index contributed by atoms with van der Waals surface area (Å²) < 4.78 is 35.4. The lowest BCUT2D eigenvalue weighted by molar-refractivity contribution is 0.122. The zero-order valence-electron chi connectivity index (χ0n) is 18.7. The molecule has 1 fully saturated rings. The van der Waals surface area contributed by atoms with Crippen LogP contribution in [0.4, 0.5) is 11.5 Å². The summed E-state index contributed by atoms with van der Waals surface area (Å²) >= 11 is 1.44. The van der Waals surface area contributed by atoms with Gasteiger partial charge in [0, 0.05) is 42.6 Å². The summed E-state index contributed by atoms with van der Waals surface area (Å²) in [6, 6.07) is 10.7. The van der Waals surface area contributed by atoms with Gasteiger partial charge >= 0.3 is 0 Å². The lowest BCUT2D eigenvalue weighted by Crippen LogP contribution is -2.36. The number of pyridine rings is 1. The third kappa shape index (κ3) is 4.83. The molecule has 35 heavy (non-hydrogen) atoms. The zero-order valence-corrected chi connectivity index (χ0v) is 20.3. The highest BCUT2D eigenvalue weighted by atomic mass is 32.2.